The topological polar surface area (TPSA) is 33.1 Å². The van der Waals surface area contributed by atoms with Gasteiger partial charge in [0.15, 0.2) is 0 Å². The molecule has 1 heterocycles. The fourth-order valence-electron chi connectivity index (χ4n) is 3.71. The Balaban J connectivity index is 2.13. The van der Waals surface area contributed by atoms with Crippen molar-refractivity contribution in [3.8, 4) is 11.3 Å². The number of hydrogen-bond donors (Lipinski definition) is 1. The monoisotopic (exact) mass is 371 g/mol. The van der Waals surface area contributed by atoms with Crippen LogP contribution in [0.25, 0.3) is 23.6 Å². The first-order chi connectivity index (χ1) is 12.8. The third-order valence-corrected chi connectivity index (χ3v) is 5.40. The van der Waals surface area contributed by atoms with Gasteiger partial charge in [0.25, 0.3) is 5.92 Å². The molecular weight excluding hydrogens is 344 g/mol. The highest BCUT2D eigenvalue weighted by Crippen LogP contribution is 2.51. The van der Waals surface area contributed by atoms with Gasteiger partial charge in [-0.1, -0.05) is 32.9 Å². The first-order valence-corrected chi connectivity index (χ1v) is 9.64. The Labute approximate surface area is 159 Å². The van der Waals surface area contributed by atoms with Crippen LogP contribution in [0.2, 0.25) is 0 Å². The largest absolute Gasteiger partial charge is 0.512 e. The predicted molar refractivity (Wildman–Crippen MR) is 106 cm³/mol. The van der Waals surface area contributed by atoms with Crippen molar-refractivity contribution in [2.75, 3.05) is 0 Å². The Kier molecular flexibility index (Phi) is 5.36. The molecule has 1 saturated carbocycles. The van der Waals surface area contributed by atoms with Crippen LogP contribution >= 0.6 is 0 Å². The number of aryl methyl sites for hydroxylation is 2. The molecule has 1 aromatic heterocycles. The number of alkyl halides is 2. The summed E-state index contributed by atoms with van der Waals surface area (Å²) in [6, 6.07) is 6.05. The van der Waals surface area contributed by atoms with Gasteiger partial charge in [-0.15, -0.1) is 0 Å². The number of aromatic nitrogens is 1. The summed E-state index contributed by atoms with van der Waals surface area (Å²) in [6.07, 6.45) is 4.80. The first-order valence-electron chi connectivity index (χ1n) is 9.64. The van der Waals surface area contributed by atoms with E-state index in [2.05, 4.69) is 37.5 Å². The molecule has 3 rings (SSSR count). The quantitative estimate of drug-likeness (QED) is 0.808. The van der Waals surface area contributed by atoms with Crippen LogP contribution in [0.3, 0.4) is 0 Å². The van der Waals surface area contributed by atoms with Gasteiger partial charge in [0.2, 0.25) is 0 Å². The summed E-state index contributed by atoms with van der Waals surface area (Å²) in [6.45, 7) is 9.84. The maximum atomic E-state index is 13.6. The average Bonchev–Trinajstić information content (AvgIpc) is 3.21. The molecule has 0 radical (unpaired) electrons. The Morgan fingerprint density at radius 1 is 1.22 bits per heavy atom. The van der Waals surface area contributed by atoms with Crippen molar-refractivity contribution in [1.29, 1.82) is 0 Å². The molecule has 0 amide bonds. The van der Waals surface area contributed by atoms with Crippen molar-refractivity contribution in [3.63, 3.8) is 0 Å². The summed E-state index contributed by atoms with van der Waals surface area (Å²) >= 11 is 0. The van der Waals surface area contributed by atoms with Crippen molar-refractivity contribution in [2.24, 2.45) is 5.92 Å². The summed E-state index contributed by atoms with van der Waals surface area (Å²) in [5.74, 6) is -2.95. The molecule has 2 nitrogen and oxygen atoms in total. The molecule has 0 saturated heterocycles. The summed E-state index contributed by atoms with van der Waals surface area (Å²) < 4.78 is 27.1. The van der Waals surface area contributed by atoms with E-state index in [0.717, 1.165) is 36.1 Å². The second-order valence-electron chi connectivity index (χ2n) is 7.56. The van der Waals surface area contributed by atoms with Gasteiger partial charge in [0.05, 0.1) is 11.5 Å². The number of aliphatic hydroxyl groups is 1. The fraction of sp³-hybridized carbons (Fsp3) is 0.435. The highest BCUT2D eigenvalue weighted by molar-refractivity contribution is 5.66. The van der Waals surface area contributed by atoms with Crippen molar-refractivity contribution < 1.29 is 13.9 Å². The standard InChI is InChI=1S/C23H27F2NO/c1-5-7-17-9-18(10-19-12-23(19,24)25)20(11-16(17)6-2)22-8-14(3)21(13-26-22)15(4)27/h8-9,11,13,19,27H,3,5-7,10,12H2,1-2,4H3. The Morgan fingerprint density at radius 3 is 2.44 bits per heavy atom. The number of rotatable bonds is 6. The number of nitrogens with zero attached hydrogens (tertiary/aromatic N) is 1. The molecule has 1 aromatic carbocycles. The second kappa shape index (κ2) is 7.41. The average molecular weight is 371 g/mol. The van der Waals surface area contributed by atoms with E-state index in [4.69, 9.17) is 0 Å². The lowest BCUT2D eigenvalue weighted by Gasteiger charge is -2.16. The highest BCUT2D eigenvalue weighted by atomic mass is 19.3. The van der Waals surface area contributed by atoms with Gasteiger partial charge in [-0.25, -0.2) is 8.78 Å². The molecule has 1 N–H and O–H groups in total. The van der Waals surface area contributed by atoms with E-state index in [1.165, 1.54) is 11.1 Å². The van der Waals surface area contributed by atoms with Crippen molar-refractivity contribution >= 4 is 12.3 Å². The maximum Gasteiger partial charge on any atom is 0.251 e. The molecule has 1 atom stereocenters. The number of benzene rings is 1. The van der Waals surface area contributed by atoms with Crippen molar-refractivity contribution in [3.05, 3.63) is 51.5 Å². The molecule has 144 valence electrons. The van der Waals surface area contributed by atoms with Gasteiger partial charge in [-0.3, -0.25) is 4.98 Å². The zero-order valence-corrected chi connectivity index (χ0v) is 16.3. The lowest BCUT2D eigenvalue weighted by atomic mass is 9.90. The number of aliphatic hydroxyl groups excluding tert-OH is 1. The van der Waals surface area contributed by atoms with Gasteiger partial charge in [-0.05, 0) is 60.2 Å². The van der Waals surface area contributed by atoms with E-state index in [-0.39, 0.29) is 12.2 Å². The van der Waals surface area contributed by atoms with Crippen LogP contribution in [-0.2, 0) is 19.3 Å². The van der Waals surface area contributed by atoms with Crippen molar-refractivity contribution in [1.82, 2.24) is 4.98 Å². The van der Waals surface area contributed by atoms with Crippen LogP contribution in [0, 0.1) is 5.92 Å². The van der Waals surface area contributed by atoms with E-state index in [1.807, 2.05) is 6.07 Å². The zero-order valence-electron chi connectivity index (χ0n) is 16.3. The molecule has 1 unspecified atom stereocenters. The molecule has 4 heteroatoms. The van der Waals surface area contributed by atoms with Gasteiger partial charge in [-0.2, -0.15) is 0 Å². The molecule has 0 bridgehead atoms. The zero-order chi connectivity index (χ0) is 19.8. The summed E-state index contributed by atoms with van der Waals surface area (Å²) in [4.78, 5) is 4.50. The molecule has 1 fully saturated rings. The number of halogens is 2. The van der Waals surface area contributed by atoms with Crippen LogP contribution in [0.15, 0.2) is 24.4 Å². The van der Waals surface area contributed by atoms with Crippen LogP contribution in [-0.4, -0.2) is 16.0 Å². The molecule has 1 aliphatic rings. The number of hydrogen-bond acceptors (Lipinski definition) is 2. The summed E-state index contributed by atoms with van der Waals surface area (Å²) in [7, 11) is 0. The Morgan fingerprint density at radius 2 is 1.93 bits per heavy atom. The SMILES string of the molecule is C=c1cc(-c2cc(CC)c(CCC)cc2CC2CC2(F)F)ncc1=C(C)O. The lowest BCUT2D eigenvalue weighted by molar-refractivity contribution is 0.0989. The van der Waals surface area contributed by atoms with E-state index in [1.54, 1.807) is 13.1 Å². The highest BCUT2D eigenvalue weighted by Gasteiger charge is 2.56. The molecular formula is C23H27F2NO. The van der Waals surface area contributed by atoms with E-state index < -0.39 is 11.8 Å². The first kappa shape index (κ1) is 19.5. The minimum Gasteiger partial charge on any atom is -0.512 e. The second-order valence-corrected chi connectivity index (χ2v) is 7.56. The predicted octanol–water partition coefficient (Wildman–Crippen LogP) is 4.56. The minimum absolute atomic E-state index is 0.0311. The van der Waals surface area contributed by atoms with Crippen LogP contribution in [0.5, 0.6) is 0 Å². The van der Waals surface area contributed by atoms with Crippen LogP contribution in [0.4, 0.5) is 8.78 Å². The van der Waals surface area contributed by atoms with E-state index >= 15 is 0 Å². The molecule has 1 aliphatic carbocycles. The van der Waals surface area contributed by atoms with Crippen LogP contribution in [0.1, 0.15) is 50.3 Å². The van der Waals surface area contributed by atoms with Gasteiger partial charge >= 0.3 is 0 Å². The third-order valence-electron chi connectivity index (χ3n) is 5.40. The maximum absolute atomic E-state index is 13.6. The fourth-order valence-corrected chi connectivity index (χ4v) is 3.71. The molecule has 2 aromatic rings. The Hall–Kier alpha value is -2.23. The van der Waals surface area contributed by atoms with Gasteiger partial charge < -0.3 is 5.11 Å². The van der Waals surface area contributed by atoms with E-state index in [9.17, 15) is 13.9 Å². The normalized spacial score (nSPS) is 19.1. The van der Waals surface area contributed by atoms with Gasteiger partial charge in [0, 0.05) is 29.3 Å². The van der Waals surface area contributed by atoms with Crippen LogP contribution < -0.4 is 10.4 Å². The lowest BCUT2D eigenvalue weighted by Crippen LogP contribution is -2.26. The third kappa shape index (κ3) is 4.05. The smallest absolute Gasteiger partial charge is 0.251 e. The minimum atomic E-state index is -2.54. The summed E-state index contributed by atoms with van der Waals surface area (Å²) in [5.41, 5.74) is 5.04. The molecule has 0 spiro atoms. The van der Waals surface area contributed by atoms with Crippen molar-refractivity contribution in [2.45, 2.75) is 58.8 Å². The molecule has 27 heavy (non-hydrogen) atoms. The number of pyridine rings is 1. The summed E-state index contributed by atoms with van der Waals surface area (Å²) in [5, 5.41) is 11.0. The molecule has 0 aliphatic heterocycles. The Bertz CT molecular complexity index is 961. The van der Waals surface area contributed by atoms with Gasteiger partial charge in [0.1, 0.15) is 0 Å². The van der Waals surface area contributed by atoms with E-state index in [0.29, 0.717) is 16.9 Å².